The zero-order valence-corrected chi connectivity index (χ0v) is 12.9. The molecular formula is C17H19N5O. The first kappa shape index (κ1) is 14.1. The molecule has 4 rings (SSSR count). The molecule has 0 aromatic carbocycles. The number of hydrogen-bond acceptors (Lipinski definition) is 5. The molecule has 0 radical (unpaired) electrons. The van der Waals surface area contributed by atoms with Crippen LogP contribution in [0.15, 0.2) is 30.9 Å². The van der Waals surface area contributed by atoms with Gasteiger partial charge < -0.3 is 10.2 Å². The molecule has 0 unspecified atom stereocenters. The minimum Gasteiger partial charge on any atom is -0.367 e. The van der Waals surface area contributed by atoms with Crippen molar-refractivity contribution in [2.24, 2.45) is 0 Å². The molecule has 1 amide bonds. The van der Waals surface area contributed by atoms with Gasteiger partial charge in [0.05, 0.1) is 5.69 Å². The maximum atomic E-state index is 12.6. The summed E-state index contributed by atoms with van der Waals surface area (Å²) in [4.78, 5) is 27.3. The summed E-state index contributed by atoms with van der Waals surface area (Å²) in [5, 5.41) is 3.48. The number of carbonyl (C=O) groups is 1. The van der Waals surface area contributed by atoms with Crippen LogP contribution in [-0.2, 0) is 12.8 Å². The largest absolute Gasteiger partial charge is 0.367 e. The highest BCUT2D eigenvalue weighted by Crippen LogP contribution is 2.27. The average Bonchev–Trinajstić information content (AvgIpc) is 3.42. The number of rotatable bonds is 3. The number of carbonyl (C=O) groups excluding carboxylic acids is 1. The van der Waals surface area contributed by atoms with Crippen molar-refractivity contribution in [1.82, 2.24) is 19.9 Å². The molecule has 1 saturated carbocycles. The van der Waals surface area contributed by atoms with Crippen molar-refractivity contribution >= 4 is 11.7 Å². The van der Waals surface area contributed by atoms with Crippen molar-refractivity contribution < 1.29 is 4.79 Å². The van der Waals surface area contributed by atoms with E-state index in [2.05, 4.69) is 20.3 Å². The lowest BCUT2D eigenvalue weighted by Crippen LogP contribution is -2.33. The highest BCUT2D eigenvalue weighted by atomic mass is 16.2. The predicted molar refractivity (Wildman–Crippen MR) is 86.2 cm³/mol. The van der Waals surface area contributed by atoms with E-state index < -0.39 is 0 Å². The zero-order chi connectivity index (χ0) is 15.6. The number of amides is 1. The quantitative estimate of drug-likeness (QED) is 0.934. The Kier molecular flexibility index (Phi) is 3.65. The fourth-order valence-electron chi connectivity index (χ4n) is 2.95. The summed E-state index contributed by atoms with van der Waals surface area (Å²) < 4.78 is 0. The number of fused-ring (bicyclic) bond motifs is 1. The van der Waals surface area contributed by atoms with E-state index in [1.165, 1.54) is 18.4 Å². The third-order valence-corrected chi connectivity index (χ3v) is 4.42. The number of aromatic nitrogens is 3. The molecule has 0 bridgehead atoms. The van der Waals surface area contributed by atoms with E-state index in [1.54, 1.807) is 30.9 Å². The Morgan fingerprint density at radius 1 is 1.13 bits per heavy atom. The van der Waals surface area contributed by atoms with Crippen LogP contribution in [-0.4, -0.2) is 44.9 Å². The molecule has 0 spiro atoms. The Morgan fingerprint density at radius 3 is 2.70 bits per heavy atom. The molecule has 0 saturated heterocycles. The minimum absolute atomic E-state index is 0.0601. The van der Waals surface area contributed by atoms with E-state index in [0.29, 0.717) is 24.7 Å². The molecular weight excluding hydrogens is 290 g/mol. The van der Waals surface area contributed by atoms with Gasteiger partial charge in [-0.3, -0.25) is 9.78 Å². The normalized spacial score (nSPS) is 17.3. The van der Waals surface area contributed by atoms with Gasteiger partial charge in [-0.1, -0.05) is 0 Å². The first-order valence-electron chi connectivity index (χ1n) is 8.10. The van der Waals surface area contributed by atoms with Gasteiger partial charge in [0.2, 0.25) is 0 Å². The first-order chi connectivity index (χ1) is 11.3. The number of nitrogens with zero attached hydrogens (tertiary/aromatic N) is 4. The van der Waals surface area contributed by atoms with Gasteiger partial charge in [0.1, 0.15) is 12.1 Å². The van der Waals surface area contributed by atoms with Gasteiger partial charge in [-0.25, -0.2) is 9.97 Å². The van der Waals surface area contributed by atoms with E-state index >= 15 is 0 Å². The molecule has 2 aromatic rings. The van der Waals surface area contributed by atoms with Crippen molar-refractivity contribution in [2.45, 2.75) is 31.7 Å². The van der Waals surface area contributed by atoms with Crippen LogP contribution in [0.4, 0.5) is 5.82 Å². The van der Waals surface area contributed by atoms with E-state index in [4.69, 9.17) is 0 Å². The molecule has 1 N–H and O–H groups in total. The molecule has 2 aliphatic rings. The number of pyridine rings is 1. The van der Waals surface area contributed by atoms with Gasteiger partial charge in [0.15, 0.2) is 0 Å². The molecule has 1 fully saturated rings. The molecule has 2 aromatic heterocycles. The minimum atomic E-state index is 0.0601. The summed E-state index contributed by atoms with van der Waals surface area (Å²) in [5.41, 5.74) is 2.92. The molecule has 3 heterocycles. The topological polar surface area (TPSA) is 71.0 Å². The summed E-state index contributed by atoms with van der Waals surface area (Å²) in [6.45, 7) is 1.38. The highest BCUT2D eigenvalue weighted by Gasteiger charge is 2.26. The molecule has 0 atom stereocenters. The third kappa shape index (κ3) is 3.02. The van der Waals surface area contributed by atoms with Crippen LogP contribution in [0, 0.1) is 0 Å². The van der Waals surface area contributed by atoms with Gasteiger partial charge >= 0.3 is 0 Å². The summed E-state index contributed by atoms with van der Waals surface area (Å²) in [6.07, 6.45) is 8.93. The van der Waals surface area contributed by atoms with Gasteiger partial charge in [-0.05, 0) is 31.4 Å². The van der Waals surface area contributed by atoms with Crippen LogP contribution in [0.1, 0.15) is 34.5 Å². The standard InChI is InChI=1S/C17H19N5O/c23-17(12-3-7-18-8-4-12)22-9-5-14-15(6-10-22)19-11-20-16(14)21-13-1-2-13/h3-4,7-8,11,13H,1-2,5-6,9-10H2,(H,19,20,21). The lowest BCUT2D eigenvalue weighted by molar-refractivity contribution is 0.0763. The number of nitrogens with one attached hydrogen (secondary N) is 1. The highest BCUT2D eigenvalue weighted by molar-refractivity contribution is 5.94. The predicted octanol–water partition coefficient (Wildman–Crippen LogP) is 1.69. The second kappa shape index (κ2) is 5.95. The van der Waals surface area contributed by atoms with Crippen molar-refractivity contribution in [2.75, 3.05) is 18.4 Å². The van der Waals surface area contributed by atoms with Crippen LogP contribution in [0.3, 0.4) is 0 Å². The maximum Gasteiger partial charge on any atom is 0.253 e. The SMILES string of the molecule is O=C(c1ccncc1)N1CCc2ncnc(NC3CC3)c2CC1. The zero-order valence-electron chi connectivity index (χ0n) is 12.9. The summed E-state index contributed by atoms with van der Waals surface area (Å²) >= 11 is 0. The van der Waals surface area contributed by atoms with Crippen molar-refractivity contribution in [3.8, 4) is 0 Å². The second-order valence-electron chi connectivity index (χ2n) is 6.09. The van der Waals surface area contributed by atoms with Crippen LogP contribution in [0.5, 0.6) is 0 Å². The molecule has 1 aliphatic heterocycles. The average molecular weight is 309 g/mol. The summed E-state index contributed by atoms with van der Waals surface area (Å²) in [7, 11) is 0. The molecule has 118 valence electrons. The Hall–Kier alpha value is -2.50. The maximum absolute atomic E-state index is 12.6. The van der Waals surface area contributed by atoms with Crippen LogP contribution in [0.2, 0.25) is 0 Å². The Bertz CT molecular complexity index is 714. The molecule has 1 aliphatic carbocycles. The fourth-order valence-corrected chi connectivity index (χ4v) is 2.95. The van der Waals surface area contributed by atoms with Crippen LogP contribution in [0.25, 0.3) is 0 Å². The van der Waals surface area contributed by atoms with E-state index in [0.717, 1.165) is 24.4 Å². The lowest BCUT2D eigenvalue weighted by Gasteiger charge is -2.20. The van der Waals surface area contributed by atoms with Crippen molar-refractivity contribution in [3.63, 3.8) is 0 Å². The van der Waals surface area contributed by atoms with E-state index in [1.807, 2.05) is 4.90 Å². The van der Waals surface area contributed by atoms with E-state index in [9.17, 15) is 4.79 Å². The first-order valence-corrected chi connectivity index (χ1v) is 8.10. The number of hydrogen-bond donors (Lipinski definition) is 1. The van der Waals surface area contributed by atoms with Crippen molar-refractivity contribution in [3.05, 3.63) is 47.7 Å². The monoisotopic (exact) mass is 309 g/mol. The second-order valence-corrected chi connectivity index (χ2v) is 6.09. The molecule has 6 nitrogen and oxygen atoms in total. The summed E-state index contributed by atoms with van der Waals surface area (Å²) in [5.74, 6) is 1.01. The fraction of sp³-hybridized carbons (Fsp3) is 0.412. The smallest absolute Gasteiger partial charge is 0.253 e. The summed E-state index contributed by atoms with van der Waals surface area (Å²) in [6, 6.07) is 4.09. The van der Waals surface area contributed by atoms with Gasteiger partial charge in [-0.2, -0.15) is 0 Å². The van der Waals surface area contributed by atoms with E-state index in [-0.39, 0.29) is 5.91 Å². The molecule has 23 heavy (non-hydrogen) atoms. The van der Waals surface area contributed by atoms with Gasteiger partial charge in [0, 0.05) is 49.1 Å². The van der Waals surface area contributed by atoms with Crippen molar-refractivity contribution in [1.29, 1.82) is 0 Å². The van der Waals surface area contributed by atoms with Gasteiger partial charge in [0.25, 0.3) is 5.91 Å². The third-order valence-electron chi connectivity index (χ3n) is 4.42. The van der Waals surface area contributed by atoms with Crippen LogP contribution >= 0.6 is 0 Å². The Labute approximate surface area is 135 Å². The molecule has 6 heteroatoms. The number of anilines is 1. The Morgan fingerprint density at radius 2 is 1.91 bits per heavy atom. The van der Waals surface area contributed by atoms with Gasteiger partial charge in [-0.15, -0.1) is 0 Å². The van der Waals surface area contributed by atoms with Crippen LogP contribution < -0.4 is 5.32 Å². The lowest BCUT2D eigenvalue weighted by atomic mass is 10.1. The Balaban J connectivity index is 1.53.